The molecule has 0 radical (unpaired) electrons. The zero-order valence-electron chi connectivity index (χ0n) is 18.3. The highest BCUT2D eigenvalue weighted by Gasteiger charge is 2.41. The molecule has 1 aliphatic rings. The smallest absolute Gasteiger partial charge is 0.416 e. The normalized spacial score (nSPS) is 16.4. The number of rotatable bonds is 5. The Kier molecular flexibility index (Phi) is 6.68. The maximum absolute atomic E-state index is 13.3. The number of halogens is 3. The molecule has 176 valence electrons. The minimum absolute atomic E-state index is 0.00744. The molecule has 10 heteroatoms. The Morgan fingerprint density at radius 3 is 2.32 bits per heavy atom. The molecule has 0 spiro atoms. The Bertz CT molecular complexity index is 1240. The van der Waals surface area contributed by atoms with Gasteiger partial charge in [-0.2, -0.15) is 18.4 Å². The van der Waals surface area contributed by atoms with Crippen LogP contribution >= 0.6 is 0 Å². The lowest BCUT2D eigenvalue weighted by Crippen LogP contribution is -2.40. The maximum Gasteiger partial charge on any atom is 0.416 e. The number of primary amides is 1. The third kappa shape index (κ3) is 4.45. The lowest BCUT2D eigenvalue weighted by Gasteiger charge is -2.37. The lowest BCUT2D eigenvalue weighted by molar-refractivity contribution is -0.139. The number of nitriles is 1. The molecule has 1 heterocycles. The summed E-state index contributed by atoms with van der Waals surface area (Å²) in [6.07, 6.45) is -4.62. The Labute approximate surface area is 193 Å². The Morgan fingerprint density at radius 1 is 1.15 bits per heavy atom. The van der Waals surface area contributed by atoms with Crippen LogP contribution in [0.5, 0.6) is 0 Å². The van der Waals surface area contributed by atoms with Gasteiger partial charge in [0.05, 0.1) is 40.9 Å². The van der Waals surface area contributed by atoms with E-state index in [4.69, 9.17) is 21.5 Å². The van der Waals surface area contributed by atoms with Gasteiger partial charge in [0.2, 0.25) is 5.91 Å². The van der Waals surface area contributed by atoms with Crippen LogP contribution in [-0.2, 0) is 20.5 Å². The van der Waals surface area contributed by atoms with Crippen molar-refractivity contribution >= 4 is 17.6 Å². The van der Waals surface area contributed by atoms with E-state index in [1.807, 2.05) is 6.07 Å². The second-order valence-electron chi connectivity index (χ2n) is 7.43. The number of amides is 1. The van der Waals surface area contributed by atoms with E-state index in [1.165, 1.54) is 36.1 Å². The molecule has 2 aromatic carbocycles. The molecule has 1 atom stereocenters. The van der Waals surface area contributed by atoms with E-state index in [1.54, 1.807) is 19.1 Å². The summed E-state index contributed by atoms with van der Waals surface area (Å²) in [6.45, 7) is 3.11. The summed E-state index contributed by atoms with van der Waals surface area (Å²) in [4.78, 5) is 26.8. The van der Waals surface area contributed by atoms with Crippen LogP contribution in [0.15, 0.2) is 71.2 Å². The SMILES string of the molecule is CCOC(=O)C1=C(C)N(c2cccc(C(F)(F)F)c2)C(N)=C(C(N)=O)C1c1ccc(C#N)cc1. The fourth-order valence-electron chi connectivity index (χ4n) is 3.90. The molecule has 4 N–H and O–H groups in total. The minimum Gasteiger partial charge on any atom is -0.463 e. The average Bonchev–Trinajstić information content (AvgIpc) is 2.78. The summed E-state index contributed by atoms with van der Waals surface area (Å²) < 4.78 is 45.2. The number of carbonyl (C=O) groups is 2. The molecular formula is C24H21F3N4O3. The van der Waals surface area contributed by atoms with Crippen molar-refractivity contribution in [2.24, 2.45) is 11.5 Å². The van der Waals surface area contributed by atoms with E-state index in [0.29, 0.717) is 11.1 Å². The van der Waals surface area contributed by atoms with Gasteiger partial charge in [-0.25, -0.2) is 4.79 Å². The van der Waals surface area contributed by atoms with Gasteiger partial charge in [0.15, 0.2) is 0 Å². The van der Waals surface area contributed by atoms with Gasteiger partial charge >= 0.3 is 12.1 Å². The molecule has 0 aromatic heterocycles. The van der Waals surface area contributed by atoms with Crippen molar-refractivity contribution in [3.63, 3.8) is 0 Å². The van der Waals surface area contributed by atoms with Gasteiger partial charge < -0.3 is 21.1 Å². The zero-order valence-corrected chi connectivity index (χ0v) is 18.3. The second kappa shape index (κ2) is 9.31. The molecule has 0 saturated heterocycles. The molecule has 1 unspecified atom stereocenters. The van der Waals surface area contributed by atoms with E-state index in [-0.39, 0.29) is 35.0 Å². The average molecular weight is 470 g/mol. The third-order valence-electron chi connectivity index (χ3n) is 5.39. The molecule has 2 aromatic rings. The first kappa shape index (κ1) is 24.4. The van der Waals surface area contributed by atoms with E-state index >= 15 is 0 Å². The Hall–Kier alpha value is -4.26. The van der Waals surface area contributed by atoms with Crippen LogP contribution in [0.4, 0.5) is 18.9 Å². The van der Waals surface area contributed by atoms with E-state index in [9.17, 15) is 22.8 Å². The van der Waals surface area contributed by atoms with Crippen molar-refractivity contribution in [1.29, 1.82) is 5.26 Å². The van der Waals surface area contributed by atoms with Crippen LogP contribution in [0, 0.1) is 11.3 Å². The number of anilines is 1. The number of benzene rings is 2. The van der Waals surface area contributed by atoms with Gasteiger partial charge in [0.1, 0.15) is 5.82 Å². The summed E-state index contributed by atoms with van der Waals surface area (Å²) in [5, 5.41) is 9.09. The van der Waals surface area contributed by atoms with Gasteiger partial charge in [-0.3, -0.25) is 4.79 Å². The van der Waals surface area contributed by atoms with Crippen LogP contribution in [0.25, 0.3) is 0 Å². The van der Waals surface area contributed by atoms with Crippen molar-refractivity contribution < 1.29 is 27.5 Å². The number of hydrogen-bond donors (Lipinski definition) is 2. The first-order valence-electron chi connectivity index (χ1n) is 10.2. The predicted molar refractivity (Wildman–Crippen MR) is 118 cm³/mol. The van der Waals surface area contributed by atoms with Gasteiger partial charge in [0, 0.05) is 11.4 Å². The van der Waals surface area contributed by atoms with Gasteiger partial charge in [0.25, 0.3) is 0 Å². The third-order valence-corrected chi connectivity index (χ3v) is 5.39. The molecule has 0 bridgehead atoms. The van der Waals surface area contributed by atoms with Gasteiger partial charge in [-0.1, -0.05) is 18.2 Å². The number of allylic oxidation sites excluding steroid dienone is 1. The number of ether oxygens (including phenoxy) is 1. The molecule has 0 saturated carbocycles. The molecule has 34 heavy (non-hydrogen) atoms. The molecule has 0 aliphatic carbocycles. The summed E-state index contributed by atoms with van der Waals surface area (Å²) >= 11 is 0. The largest absolute Gasteiger partial charge is 0.463 e. The quantitative estimate of drug-likeness (QED) is 0.643. The topological polar surface area (TPSA) is 122 Å². The van der Waals surface area contributed by atoms with Crippen molar-refractivity contribution in [3.05, 3.63) is 87.9 Å². The Balaban J connectivity index is 2.31. The predicted octanol–water partition coefficient (Wildman–Crippen LogP) is 3.67. The Morgan fingerprint density at radius 2 is 1.79 bits per heavy atom. The monoisotopic (exact) mass is 470 g/mol. The van der Waals surface area contributed by atoms with E-state index < -0.39 is 29.5 Å². The molecule has 7 nitrogen and oxygen atoms in total. The summed E-state index contributed by atoms with van der Waals surface area (Å²) in [7, 11) is 0. The summed E-state index contributed by atoms with van der Waals surface area (Å²) in [5.41, 5.74) is 11.8. The van der Waals surface area contributed by atoms with Crippen molar-refractivity contribution in [3.8, 4) is 6.07 Å². The second-order valence-corrected chi connectivity index (χ2v) is 7.43. The van der Waals surface area contributed by atoms with Gasteiger partial charge in [-0.15, -0.1) is 0 Å². The van der Waals surface area contributed by atoms with Crippen molar-refractivity contribution in [2.75, 3.05) is 11.5 Å². The van der Waals surface area contributed by atoms with Crippen LogP contribution < -0.4 is 16.4 Å². The summed E-state index contributed by atoms with van der Waals surface area (Å²) in [6, 6.07) is 12.4. The van der Waals surface area contributed by atoms with E-state index in [2.05, 4.69) is 0 Å². The van der Waals surface area contributed by atoms with Crippen LogP contribution in [0.1, 0.15) is 36.5 Å². The number of hydrogen-bond acceptors (Lipinski definition) is 6. The fraction of sp³-hybridized carbons (Fsp3) is 0.208. The number of esters is 1. The van der Waals surface area contributed by atoms with Crippen LogP contribution in [0.2, 0.25) is 0 Å². The highest BCUT2D eigenvalue weighted by Crippen LogP contribution is 2.43. The van der Waals surface area contributed by atoms with Crippen molar-refractivity contribution in [1.82, 2.24) is 0 Å². The van der Waals surface area contributed by atoms with Gasteiger partial charge in [-0.05, 0) is 49.7 Å². The number of alkyl halides is 3. The summed E-state index contributed by atoms with van der Waals surface area (Å²) in [5.74, 6) is -3.01. The highest BCUT2D eigenvalue weighted by atomic mass is 19.4. The maximum atomic E-state index is 13.3. The minimum atomic E-state index is -4.62. The van der Waals surface area contributed by atoms with E-state index in [0.717, 1.165) is 12.1 Å². The number of carbonyl (C=O) groups excluding carboxylic acids is 2. The number of nitrogens with two attached hydrogens (primary N) is 2. The molecule has 0 fully saturated rings. The molecular weight excluding hydrogens is 449 g/mol. The molecule has 1 amide bonds. The highest BCUT2D eigenvalue weighted by molar-refractivity contribution is 6.03. The fourth-order valence-corrected chi connectivity index (χ4v) is 3.90. The lowest BCUT2D eigenvalue weighted by atomic mass is 9.80. The van der Waals surface area contributed by atoms with Crippen molar-refractivity contribution in [2.45, 2.75) is 25.9 Å². The molecule has 3 rings (SSSR count). The first-order chi connectivity index (χ1) is 16.0. The van der Waals surface area contributed by atoms with Crippen LogP contribution in [0.3, 0.4) is 0 Å². The standard InChI is InChI=1S/C24H21F3N4O3/c1-3-34-23(33)18-13(2)31(17-6-4-5-16(11-17)24(25,26)27)21(29)20(22(30)32)19(18)15-9-7-14(12-28)8-10-15/h4-11,19H,3,29H2,1-2H3,(H2,30,32). The number of nitrogens with zero attached hydrogens (tertiary/aromatic N) is 2. The molecule has 1 aliphatic heterocycles. The van der Waals surface area contributed by atoms with Crippen LogP contribution in [-0.4, -0.2) is 18.5 Å². The zero-order chi connectivity index (χ0) is 25.2. The first-order valence-corrected chi connectivity index (χ1v) is 10.2.